The van der Waals surface area contributed by atoms with Crippen molar-refractivity contribution in [1.29, 1.82) is 0 Å². The predicted octanol–water partition coefficient (Wildman–Crippen LogP) is 8.40. The van der Waals surface area contributed by atoms with E-state index in [-0.39, 0.29) is 10.9 Å². The highest BCUT2D eigenvalue weighted by molar-refractivity contribution is 14.1. The first-order chi connectivity index (χ1) is 15.5. The highest BCUT2D eigenvalue weighted by atomic mass is 127. The van der Waals surface area contributed by atoms with E-state index in [1.165, 1.54) is 18.3 Å². The Labute approximate surface area is 232 Å². The van der Waals surface area contributed by atoms with Crippen molar-refractivity contribution in [2.45, 2.75) is 27.9 Å². The molecule has 0 aliphatic heterocycles. The molecule has 0 aromatic heterocycles. The molecule has 0 fully saturated rings. The van der Waals surface area contributed by atoms with Crippen LogP contribution in [0.5, 0.6) is 11.5 Å². The van der Waals surface area contributed by atoms with E-state index >= 15 is 0 Å². The van der Waals surface area contributed by atoms with Gasteiger partial charge in [-0.05, 0) is 116 Å². The summed E-state index contributed by atoms with van der Waals surface area (Å²) in [5, 5.41) is 0. The van der Waals surface area contributed by atoms with Crippen LogP contribution in [0.15, 0.2) is 112 Å². The number of rotatable bonds is 7. The van der Waals surface area contributed by atoms with Crippen molar-refractivity contribution in [3.8, 4) is 11.5 Å². The van der Waals surface area contributed by atoms with Crippen LogP contribution in [0.25, 0.3) is 0 Å². The summed E-state index contributed by atoms with van der Waals surface area (Å²) >= 11 is 6.95. The minimum Gasteiger partial charge on any atom is -0.455 e. The Kier molecular flexibility index (Phi) is 8.63. The van der Waals surface area contributed by atoms with Crippen molar-refractivity contribution < 1.29 is 9.47 Å². The number of halogens is 3. The lowest BCUT2D eigenvalue weighted by Crippen LogP contribution is -2.21. The Bertz CT molecular complexity index is 1120. The van der Waals surface area contributed by atoms with Crippen LogP contribution in [0.3, 0.4) is 0 Å². The van der Waals surface area contributed by atoms with Crippen molar-refractivity contribution in [1.82, 2.24) is 0 Å². The topological polar surface area (TPSA) is 18.5 Å². The highest BCUT2D eigenvalue weighted by Crippen LogP contribution is 2.34. The van der Waals surface area contributed by atoms with Gasteiger partial charge in [-0.2, -0.15) is 0 Å². The molecule has 0 aliphatic rings. The quantitative estimate of drug-likeness (QED) is 0.107. The number of hydrogen-bond acceptors (Lipinski definition) is 2. The molecule has 1 atom stereocenters. The fourth-order valence-corrected chi connectivity index (χ4v) is 9.18. The summed E-state index contributed by atoms with van der Waals surface area (Å²) in [5.74, 6) is 1.67. The van der Waals surface area contributed by atoms with Crippen molar-refractivity contribution in [3.63, 3.8) is 0 Å². The van der Waals surface area contributed by atoms with Gasteiger partial charge < -0.3 is 9.47 Å². The van der Waals surface area contributed by atoms with Crippen LogP contribution >= 0.6 is 67.8 Å². The summed E-state index contributed by atoms with van der Waals surface area (Å²) in [6.45, 7) is 1.94. The first kappa shape index (κ1) is 24.2. The minimum atomic E-state index is -0.414. The first-order valence-corrected chi connectivity index (χ1v) is 14.4. The summed E-state index contributed by atoms with van der Waals surface area (Å²) in [5.41, 5.74) is 0. The highest BCUT2D eigenvalue weighted by Gasteiger charge is 2.28. The van der Waals surface area contributed by atoms with Gasteiger partial charge in [-0.15, -0.1) is 0 Å². The number of hydrogen-bond donors (Lipinski definition) is 0. The molecule has 4 aromatic rings. The van der Waals surface area contributed by atoms with Gasteiger partial charge in [-0.1, -0.05) is 42.5 Å². The second kappa shape index (κ2) is 11.4. The lowest BCUT2D eigenvalue weighted by molar-refractivity contribution is 0.0207. The molecule has 0 radical (unpaired) electrons. The van der Waals surface area contributed by atoms with Gasteiger partial charge >= 0.3 is 0 Å². The molecule has 0 heterocycles. The Morgan fingerprint density at radius 3 is 1.72 bits per heavy atom. The average molecular weight is 777 g/mol. The maximum Gasteiger partial charge on any atom is 0.238 e. The zero-order valence-electron chi connectivity index (χ0n) is 17.2. The molecule has 0 saturated heterocycles. The van der Waals surface area contributed by atoms with E-state index in [1.54, 1.807) is 0 Å². The van der Waals surface area contributed by atoms with Crippen molar-refractivity contribution in [2.75, 3.05) is 0 Å². The van der Waals surface area contributed by atoms with Crippen LogP contribution in [-0.4, -0.2) is 6.29 Å². The van der Waals surface area contributed by atoms with E-state index < -0.39 is 6.29 Å². The molecule has 0 saturated carbocycles. The van der Waals surface area contributed by atoms with Gasteiger partial charge in [0.15, 0.2) is 20.4 Å². The molecule has 32 heavy (non-hydrogen) atoms. The standard InChI is InChI=1S/C26H20I3O2S/c1-18(31-26-24(28)15-19(27)16-25(26)29)30-20-9-8-14-23(17-20)32(21-10-4-2-5-11-21)22-12-6-3-7-13-22/h2-18H,1H3/q+1. The maximum absolute atomic E-state index is 6.19. The molecule has 6 heteroatoms. The molecular weight excluding hydrogens is 757 g/mol. The van der Waals surface area contributed by atoms with Crippen LogP contribution in [0.2, 0.25) is 0 Å². The zero-order chi connectivity index (χ0) is 22.5. The van der Waals surface area contributed by atoms with Gasteiger partial charge in [0.1, 0.15) is 5.75 Å². The fraction of sp³-hybridized carbons (Fsp3) is 0.0769. The summed E-state index contributed by atoms with van der Waals surface area (Å²) < 4.78 is 15.7. The SMILES string of the molecule is CC(Oc1cccc([S+](c2ccccc2)c2ccccc2)c1)Oc1c(I)cc(I)cc1I. The lowest BCUT2D eigenvalue weighted by atomic mass is 10.3. The van der Waals surface area contributed by atoms with Crippen molar-refractivity contribution >= 4 is 78.7 Å². The molecule has 4 aromatic carbocycles. The predicted molar refractivity (Wildman–Crippen MR) is 157 cm³/mol. The van der Waals surface area contributed by atoms with Gasteiger partial charge in [0, 0.05) is 16.6 Å². The van der Waals surface area contributed by atoms with Gasteiger partial charge in [0.05, 0.1) is 18.0 Å². The van der Waals surface area contributed by atoms with E-state index in [4.69, 9.17) is 9.47 Å². The molecule has 0 amide bonds. The molecule has 0 bridgehead atoms. The molecule has 1 unspecified atom stereocenters. The normalized spacial score (nSPS) is 11.9. The van der Waals surface area contributed by atoms with Gasteiger partial charge in [0.25, 0.3) is 0 Å². The van der Waals surface area contributed by atoms with Crippen LogP contribution in [0.4, 0.5) is 0 Å². The summed E-state index contributed by atoms with van der Waals surface area (Å²) in [6, 6.07) is 33.8. The summed E-state index contributed by atoms with van der Waals surface area (Å²) in [4.78, 5) is 3.77. The monoisotopic (exact) mass is 777 g/mol. The van der Waals surface area contributed by atoms with Crippen LogP contribution in [0.1, 0.15) is 6.92 Å². The molecule has 0 N–H and O–H groups in total. The van der Waals surface area contributed by atoms with Crippen LogP contribution in [-0.2, 0) is 10.9 Å². The first-order valence-electron chi connectivity index (χ1n) is 9.93. The molecule has 162 valence electrons. The fourth-order valence-electron chi connectivity index (χ4n) is 3.22. The van der Waals surface area contributed by atoms with Crippen molar-refractivity contribution in [3.05, 3.63) is 108 Å². The summed E-state index contributed by atoms with van der Waals surface area (Å²) in [7, 11) is -0.212. The molecule has 2 nitrogen and oxygen atoms in total. The second-order valence-corrected chi connectivity index (χ2v) is 12.5. The Hall–Kier alpha value is -0.980. The minimum absolute atomic E-state index is 0.212. The Balaban J connectivity index is 1.60. The van der Waals surface area contributed by atoms with Crippen LogP contribution in [0, 0.1) is 10.7 Å². The molecule has 4 rings (SSSR count). The Morgan fingerprint density at radius 1 is 0.625 bits per heavy atom. The average Bonchev–Trinajstić information content (AvgIpc) is 2.78. The lowest BCUT2D eigenvalue weighted by Gasteiger charge is -2.19. The number of benzene rings is 4. The maximum atomic E-state index is 6.19. The van der Waals surface area contributed by atoms with Gasteiger partial charge in [-0.25, -0.2) is 0 Å². The molecule has 0 spiro atoms. The van der Waals surface area contributed by atoms with E-state index in [2.05, 4.69) is 159 Å². The van der Waals surface area contributed by atoms with Crippen molar-refractivity contribution in [2.24, 2.45) is 0 Å². The molecule has 0 aliphatic carbocycles. The van der Waals surface area contributed by atoms with E-state index in [1.807, 2.05) is 13.0 Å². The second-order valence-electron chi connectivity index (χ2n) is 6.91. The van der Waals surface area contributed by atoms with Gasteiger partial charge in [0.2, 0.25) is 6.29 Å². The number of ether oxygens (including phenoxy) is 2. The van der Waals surface area contributed by atoms with E-state index in [0.717, 1.165) is 18.6 Å². The largest absolute Gasteiger partial charge is 0.455 e. The van der Waals surface area contributed by atoms with Crippen LogP contribution < -0.4 is 9.47 Å². The third-order valence-corrected chi connectivity index (χ3v) is 8.99. The van der Waals surface area contributed by atoms with E-state index in [0.29, 0.717) is 0 Å². The third kappa shape index (κ3) is 6.12. The Morgan fingerprint density at radius 2 is 1.16 bits per heavy atom. The van der Waals surface area contributed by atoms with E-state index in [9.17, 15) is 0 Å². The zero-order valence-corrected chi connectivity index (χ0v) is 24.5. The molecular formula is C26H20I3O2S+. The third-order valence-electron chi connectivity index (χ3n) is 4.55. The summed E-state index contributed by atoms with van der Waals surface area (Å²) in [6.07, 6.45) is -0.414. The van der Waals surface area contributed by atoms with Gasteiger partial charge in [-0.3, -0.25) is 0 Å². The smallest absolute Gasteiger partial charge is 0.238 e.